The molecule has 0 bridgehead atoms. The van der Waals surface area contributed by atoms with Crippen molar-refractivity contribution in [3.63, 3.8) is 0 Å². The maximum Gasteiger partial charge on any atom is 0.340 e. The molecule has 1 aromatic heterocycles. The van der Waals surface area contributed by atoms with Crippen molar-refractivity contribution in [2.75, 3.05) is 6.61 Å². The number of aryl methyl sites for hydroxylation is 1. The minimum atomic E-state index is -2.96. The lowest BCUT2D eigenvalue weighted by atomic mass is 9.95. The zero-order valence-electron chi connectivity index (χ0n) is 12.2. The van der Waals surface area contributed by atoms with Crippen LogP contribution in [0.25, 0.3) is 11.1 Å². The highest BCUT2D eigenvalue weighted by atomic mass is 35.5. The van der Waals surface area contributed by atoms with Gasteiger partial charge in [-0.1, -0.05) is 17.7 Å². The highest BCUT2D eigenvalue weighted by Gasteiger charge is 2.26. The third-order valence-corrected chi connectivity index (χ3v) is 3.43. The standard InChI is InChI=1S/C15H12ClF3N2O2/c1-3-23-15(22)11-7(2)21-20-6-9(11)12-8(14(18)19)4-5-10(16)13(12)17/h4-6,14H,3H2,1-2H3. The monoisotopic (exact) mass is 344 g/mol. The first kappa shape index (κ1) is 17.2. The van der Waals surface area contributed by atoms with Gasteiger partial charge in [-0.2, -0.15) is 10.2 Å². The molecule has 8 heteroatoms. The average molecular weight is 345 g/mol. The van der Waals surface area contributed by atoms with Crippen molar-refractivity contribution >= 4 is 17.6 Å². The zero-order chi connectivity index (χ0) is 17.1. The number of rotatable bonds is 4. The van der Waals surface area contributed by atoms with Gasteiger partial charge in [0.25, 0.3) is 6.43 Å². The summed E-state index contributed by atoms with van der Waals surface area (Å²) >= 11 is 5.70. The molecule has 1 aromatic carbocycles. The summed E-state index contributed by atoms with van der Waals surface area (Å²) < 4.78 is 45.8. The van der Waals surface area contributed by atoms with Gasteiger partial charge in [-0.3, -0.25) is 0 Å². The van der Waals surface area contributed by atoms with E-state index in [9.17, 15) is 18.0 Å². The number of hydrogen-bond donors (Lipinski definition) is 0. The highest BCUT2D eigenvalue weighted by molar-refractivity contribution is 6.31. The van der Waals surface area contributed by atoms with Crippen molar-refractivity contribution in [3.8, 4) is 11.1 Å². The molecule has 2 aromatic rings. The van der Waals surface area contributed by atoms with Gasteiger partial charge in [0.05, 0.1) is 29.1 Å². The number of benzene rings is 1. The van der Waals surface area contributed by atoms with Crippen LogP contribution in [0.3, 0.4) is 0 Å². The zero-order valence-corrected chi connectivity index (χ0v) is 13.0. The fourth-order valence-electron chi connectivity index (χ4n) is 2.15. The van der Waals surface area contributed by atoms with Gasteiger partial charge in [-0.25, -0.2) is 18.0 Å². The Morgan fingerprint density at radius 3 is 2.70 bits per heavy atom. The third kappa shape index (κ3) is 3.29. The summed E-state index contributed by atoms with van der Waals surface area (Å²) in [4.78, 5) is 12.1. The minimum Gasteiger partial charge on any atom is -0.462 e. The van der Waals surface area contributed by atoms with Crippen LogP contribution in [0.2, 0.25) is 5.02 Å². The molecule has 0 radical (unpaired) electrons. The number of hydrogen-bond acceptors (Lipinski definition) is 4. The van der Waals surface area contributed by atoms with Crippen LogP contribution >= 0.6 is 11.6 Å². The van der Waals surface area contributed by atoms with Gasteiger partial charge in [0.1, 0.15) is 5.82 Å². The summed E-state index contributed by atoms with van der Waals surface area (Å²) in [5, 5.41) is 6.98. The fraction of sp³-hybridized carbons (Fsp3) is 0.267. The molecule has 0 unspecified atom stereocenters. The van der Waals surface area contributed by atoms with E-state index >= 15 is 0 Å². The van der Waals surface area contributed by atoms with Crippen LogP contribution in [0, 0.1) is 12.7 Å². The summed E-state index contributed by atoms with van der Waals surface area (Å²) in [6.07, 6.45) is -1.92. The Bertz CT molecular complexity index is 754. The normalized spacial score (nSPS) is 10.9. The van der Waals surface area contributed by atoms with Crippen molar-refractivity contribution in [2.24, 2.45) is 0 Å². The molecule has 0 aliphatic carbocycles. The second-order valence-corrected chi connectivity index (χ2v) is 4.97. The summed E-state index contributed by atoms with van der Waals surface area (Å²) in [6, 6.07) is 2.05. The van der Waals surface area contributed by atoms with Crippen LogP contribution in [0.4, 0.5) is 13.2 Å². The number of aromatic nitrogens is 2. The largest absolute Gasteiger partial charge is 0.462 e. The summed E-state index contributed by atoms with van der Waals surface area (Å²) in [7, 11) is 0. The molecule has 0 aliphatic rings. The topological polar surface area (TPSA) is 52.1 Å². The molecule has 1 heterocycles. The van der Waals surface area contributed by atoms with E-state index in [1.807, 2.05) is 0 Å². The molecule has 2 rings (SSSR count). The van der Waals surface area contributed by atoms with Crippen LogP contribution in [-0.2, 0) is 4.74 Å². The number of nitrogens with zero attached hydrogens (tertiary/aromatic N) is 2. The summed E-state index contributed by atoms with van der Waals surface area (Å²) in [5.74, 6) is -1.85. The molecule has 0 N–H and O–H groups in total. The van der Waals surface area contributed by atoms with Crippen molar-refractivity contribution in [3.05, 3.63) is 46.0 Å². The molecule has 23 heavy (non-hydrogen) atoms. The number of ether oxygens (including phenoxy) is 1. The van der Waals surface area contributed by atoms with E-state index in [-0.39, 0.29) is 28.5 Å². The second-order valence-electron chi connectivity index (χ2n) is 4.57. The predicted molar refractivity (Wildman–Crippen MR) is 78.1 cm³/mol. The van der Waals surface area contributed by atoms with Crippen LogP contribution in [-0.4, -0.2) is 22.8 Å². The molecule has 0 fully saturated rings. The first-order valence-electron chi connectivity index (χ1n) is 6.64. The number of esters is 1. The molecule has 4 nitrogen and oxygen atoms in total. The minimum absolute atomic E-state index is 0.0692. The van der Waals surface area contributed by atoms with Gasteiger partial charge in [-0.15, -0.1) is 0 Å². The fourth-order valence-corrected chi connectivity index (χ4v) is 2.31. The third-order valence-electron chi connectivity index (χ3n) is 3.14. The predicted octanol–water partition coefficient (Wildman–Crippen LogP) is 4.36. The van der Waals surface area contributed by atoms with Crippen molar-refractivity contribution < 1.29 is 22.7 Å². The first-order chi connectivity index (χ1) is 10.9. The van der Waals surface area contributed by atoms with E-state index in [1.165, 1.54) is 6.92 Å². The Morgan fingerprint density at radius 2 is 2.09 bits per heavy atom. The van der Waals surface area contributed by atoms with Crippen LogP contribution in [0.5, 0.6) is 0 Å². The van der Waals surface area contributed by atoms with Crippen LogP contribution in [0.15, 0.2) is 18.3 Å². The summed E-state index contributed by atoms with van der Waals surface area (Å²) in [5.41, 5.74) is -1.19. The Kier molecular flexibility index (Phi) is 5.20. The van der Waals surface area contributed by atoms with E-state index < -0.39 is 29.3 Å². The van der Waals surface area contributed by atoms with E-state index in [0.717, 1.165) is 18.3 Å². The van der Waals surface area contributed by atoms with Gasteiger partial charge in [0, 0.05) is 16.7 Å². The van der Waals surface area contributed by atoms with E-state index in [2.05, 4.69) is 10.2 Å². The van der Waals surface area contributed by atoms with Crippen molar-refractivity contribution in [1.82, 2.24) is 10.2 Å². The molecule has 0 amide bonds. The quantitative estimate of drug-likeness (QED) is 0.773. The number of carbonyl (C=O) groups is 1. The lowest BCUT2D eigenvalue weighted by Gasteiger charge is -2.15. The first-order valence-corrected chi connectivity index (χ1v) is 7.02. The van der Waals surface area contributed by atoms with Gasteiger partial charge in [0.2, 0.25) is 0 Å². The summed E-state index contributed by atoms with van der Waals surface area (Å²) in [6.45, 7) is 3.11. The van der Waals surface area contributed by atoms with Crippen molar-refractivity contribution in [2.45, 2.75) is 20.3 Å². The lowest BCUT2D eigenvalue weighted by molar-refractivity contribution is 0.0525. The molecule has 0 saturated heterocycles. The van der Waals surface area contributed by atoms with Gasteiger partial charge >= 0.3 is 5.97 Å². The lowest BCUT2D eigenvalue weighted by Crippen LogP contribution is -2.12. The maximum atomic E-state index is 14.4. The molecule has 0 spiro atoms. The Balaban J connectivity index is 2.80. The van der Waals surface area contributed by atoms with Crippen LogP contribution < -0.4 is 0 Å². The molecular formula is C15H12ClF3N2O2. The van der Waals surface area contributed by atoms with Crippen molar-refractivity contribution in [1.29, 1.82) is 0 Å². The highest BCUT2D eigenvalue weighted by Crippen LogP contribution is 2.38. The van der Waals surface area contributed by atoms with E-state index in [1.54, 1.807) is 6.92 Å². The SMILES string of the molecule is CCOC(=O)c1c(-c2c(C(F)F)ccc(Cl)c2F)cnnc1C. The Hall–Kier alpha value is -2.15. The van der Waals surface area contributed by atoms with E-state index in [0.29, 0.717) is 0 Å². The number of carbonyl (C=O) groups excluding carboxylic acids is 1. The Labute approximate surface area is 135 Å². The maximum absolute atomic E-state index is 14.4. The Morgan fingerprint density at radius 1 is 1.39 bits per heavy atom. The molecule has 0 aliphatic heterocycles. The number of alkyl halides is 2. The van der Waals surface area contributed by atoms with Crippen LogP contribution in [0.1, 0.15) is 35.0 Å². The smallest absolute Gasteiger partial charge is 0.340 e. The second kappa shape index (κ2) is 6.95. The molecule has 0 atom stereocenters. The molecule has 0 saturated carbocycles. The molecule has 122 valence electrons. The van der Waals surface area contributed by atoms with Gasteiger partial charge in [-0.05, 0) is 19.9 Å². The van der Waals surface area contributed by atoms with Gasteiger partial charge in [0.15, 0.2) is 0 Å². The van der Waals surface area contributed by atoms with E-state index in [4.69, 9.17) is 16.3 Å². The molecular weight excluding hydrogens is 333 g/mol. The average Bonchev–Trinajstić information content (AvgIpc) is 2.49. The number of halogens is 4. The van der Waals surface area contributed by atoms with Gasteiger partial charge < -0.3 is 4.74 Å².